The summed E-state index contributed by atoms with van der Waals surface area (Å²) in [7, 11) is 0. The van der Waals surface area contributed by atoms with Crippen LogP contribution >= 0.6 is 0 Å². The number of carbonyl (C=O) groups is 1. The summed E-state index contributed by atoms with van der Waals surface area (Å²) in [6, 6.07) is 0.119. The van der Waals surface area contributed by atoms with Gasteiger partial charge >= 0.3 is 0 Å². The highest BCUT2D eigenvalue weighted by Crippen LogP contribution is 2.30. The van der Waals surface area contributed by atoms with Crippen LogP contribution < -0.4 is 5.32 Å². The van der Waals surface area contributed by atoms with Crippen molar-refractivity contribution in [2.45, 2.75) is 38.6 Å². The molecule has 0 bridgehead atoms. The maximum absolute atomic E-state index is 12.0. The van der Waals surface area contributed by atoms with E-state index in [-0.39, 0.29) is 6.04 Å². The monoisotopic (exact) mass is 196 g/mol. The number of rotatable bonds is 4. The Hall–Kier alpha value is -0.570. The summed E-state index contributed by atoms with van der Waals surface area (Å²) in [6.45, 7) is 4.95. The van der Waals surface area contributed by atoms with Crippen LogP contribution in [0.25, 0.3) is 0 Å². The fourth-order valence-electron chi connectivity index (χ4n) is 2.10. The second kappa shape index (κ2) is 4.30. The van der Waals surface area contributed by atoms with Gasteiger partial charge in [-0.05, 0) is 45.1 Å². The van der Waals surface area contributed by atoms with Crippen molar-refractivity contribution in [3.8, 4) is 0 Å². The molecule has 2 fully saturated rings. The zero-order valence-electron chi connectivity index (χ0n) is 8.96. The second-order valence-electron chi connectivity index (χ2n) is 4.47. The molecule has 1 amide bonds. The van der Waals surface area contributed by atoms with Gasteiger partial charge in [0.05, 0.1) is 6.04 Å². The zero-order valence-corrected chi connectivity index (χ0v) is 8.96. The van der Waals surface area contributed by atoms with Crippen molar-refractivity contribution in [2.24, 2.45) is 5.92 Å². The van der Waals surface area contributed by atoms with Crippen molar-refractivity contribution in [1.82, 2.24) is 10.2 Å². The van der Waals surface area contributed by atoms with Gasteiger partial charge in [0, 0.05) is 13.1 Å². The third-order valence-corrected chi connectivity index (χ3v) is 3.23. The lowest BCUT2D eigenvalue weighted by molar-refractivity contribution is -0.133. The Balaban J connectivity index is 1.85. The largest absolute Gasteiger partial charge is 0.341 e. The molecular weight excluding hydrogens is 176 g/mol. The summed E-state index contributed by atoms with van der Waals surface area (Å²) >= 11 is 0. The second-order valence-corrected chi connectivity index (χ2v) is 4.47. The van der Waals surface area contributed by atoms with Gasteiger partial charge in [0.2, 0.25) is 5.91 Å². The highest BCUT2D eigenvalue weighted by molar-refractivity contribution is 5.82. The molecule has 1 atom stereocenters. The SMILES string of the molecule is CCN(CC1CC1)C(=O)[C@@H]1CCCN1. The van der Waals surface area contributed by atoms with Crippen LogP contribution in [0.2, 0.25) is 0 Å². The topological polar surface area (TPSA) is 32.3 Å². The van der Waals surface area contributed by atoms with Crippen LogP contribution in [0.15, 0.2) is 0 Å². The molecule has 3 heteroatoms. The van der Waals surface area contributed by atoms with Crippen LogP contribution in [-0.4, -0.2) is 36.5 Å². The highest BCUT2D eigenvalue weighted by Gasteiger charge is 2.30. The molecule has 0 radical (unpaired) electrons. The fraction of sp³-hybridized carbons (Fsp3) is 0.909. The molecular formula is C11H20N2O. The minimum atomic E-state index is 0.119. The maximum Gasteiger partial charge on any atom is 0.239 e. The van der Waals surface area contributed by atoms with Crippen molar-refractivity contribution in [1.29, 1.82) is 0 Å². The minimum absolute atomic E-state index is 0.119. The standard InChI is InChI=1S/C11H20N2O/c1-2-13(8-9-5-6-9)11(14)10-4-3-7-12-10/h9-10,12H,2-8H2,1H3/t10-/m0/s1. The first-order valence-electron chi connectivity index (χ1n) is 5.83. The molecule has 0 aromatic carbocycles. The van der Waals surface area contributed by atoms with E-state index in [1.54, 1.807) is 0 Å². The van der Waals surface area contributed by atoms with Gasteiger partial charge in [-0.25, -0.2) is 0 Å². The van der Waals surface area contributed by atoms with Crippen molar-refractivity contribution >= 4 is 5.91 Å². The minimum Gasteiger partial charge on any atom is -0.341 e. The van der Waals surface area contributed by atoms with E-state index < -0.39 is 0 Å². The fourth-order valence-corrected chi connectivity index (χ4v) is 2.10. The van der Waals surface area contributed by atoms with E-state index >= 15 is 0 Å². The molecule has 1 N–H and O–H groups in total. The van der Waals surface area contributed by atoms with Crippen LogP contribution in [0.4, 0.5) is 0 Å². The number of amides is 1. The van der Waals surface area contributed by atoms with Crippen molar-refractivity contribution in [3.63, 3.8) is 0 Å². The molecule has 0 aromatic rings. The number of hydrogen-bond acceptors (Lipinski definition) is 2. The van der Waals surface area contributed by atoms with Gasteiger partial charge in [-0.3, -0.25) is 4.79 Å². The molecule has 1 aliphatic carbocycles. The average molecular weight is 196 g/mol. The number of nitrogens with zero attached hydrogens (tertiary/aromatic N) is 1. The maximum atomic E-state index is 12.0. The number of carbonyl (C=O) groups excluding carboxylic acids is 1. The first kappa shape index (κ1) is 9.97. The molecule has 80 valence electrons. The first-order chi connectivity index (χ1) is 6.81. The smallest absolute Gasteiger partial charge is 0.239 e. The van der Waals surface area contributed by atoms with E-state index in [4.69, 9.17) is 0 Å². The number of likely N-dealkylation sites (N-methyl/N-ethyl adjacent to an activating group) is 1. The molecule has 1 saturated heterocycles. The molecule has 2 rings (SSSR count). The summed E-state index contributed by atoms with van der Waals surface area (Å²) in [5.41, 5.74) is 0. The Morgan fingerprint density at radius 1 is 1.43 bits per heavy atom. The first-order valence-corrected chi connectivity index (χ1v) is 5.83. The van der Waals surface area contributed by atoms with Crippen LogP contribution in [0, 0.1) is 5.92 Å². The zero-order chi connectivity index (χ0) is 9.97. The molecule has 1 aliphatic heterocycles. The Morgan fingerprint density at radius 3 is 2.71 bits per heavy atom. The van der Waals surface area contributed by atoms with E-state index in [1.807, 2.05) is 4.90 Å². The summed E-state index contributed by atoms with van der Waals surface area (Å²) in [5, 5.41) is 3.27. The van der Waals surface area contributed by atoms with Gasteiger partial charge in [-0.1, -0.05) is 0 Å². The number of nitrogens with one attached hydrogen (secondary N) is 1. The van der Waals surface area contributed by atoms with Crippen LogP contribution in [0.5, 0.6) is 0 Å². The molecule has 1 heterocycles. The normalized spacial score (nSPS) is 26.5. The van der Waals surface area contributed by atoms with E-state index in [1.165, 1.54) is 12.8 Å². The van der Waals surface area contributed by atoms with E-state index in [0.717, 1.165) is 38.4 Å². The molecule has 14 heavy (non-hydrogen) atoms. The molecule has 0 spiro atoms. The molecule has 0 unspecified atom stereocenters. The van der Waals surface area contributed by atoms with Gasteiger partial charge < -0.3 is 10.2 Å². The highest BCUT2D eigenvalue weighted by atomic mass is 16.2. The van der Waals surface area contributed by atoms with E-state index in [0.29, 0.717) is 5.91 Å². The quantitative estimate of drug-likeness (QED) is 0.727. The third kappa shape index (κ3) is 2.27. The van der Waals surface area contributed by atoms with E-state index in [9.17, 15) is 4.79 Å². The molecule has 3 nitrogen and oxygen atoms in total. The summed E-state index contributed by atoms with van der Waals surface area (Å²) in [5.74, 6) is 1.14. The van der Waals surface area contributed by atoms with Gasteiger partial charge in [0.25, 0.3) is 0 Å². The van der Waals surface area contributed by atoms with Crippen molar-refractivity contribution in [2.75, 3.05) is 19.6 Å². The van der Waals surface area contributed by atoms with Gasteiger partial charge in [-0.2, -0.15) is 0 Å². The van der Waals surface area contributed by atoms with Crippen molar-refractivity contribution < 1.29 is 4.79 Å². The van der Waals surface area contributed by atoms with Gasteiger partial charge in [0.15, 0.2) is 0 Å². The summed E-state index contributed by atoms with van der Waals surface area (Å²) in [6.07, 6.45) is 4.82. The molecule has 2 aliphatic rings. The number of hydrogen-bond donors (Lipinski definition) is 1. The lowest BCUT2D eigenvalue weighted by Gasteiger charge is -2.24. The molecule has 0 aromatic heterocycles. The van der Waals surface area contributed by atoms with Gasteiger partial charge in [-0.15, -0.1) is 0 Å². The Morgan fingerprint density at radius 2 is 2.21 bits per heavy atom. The summed E-state index contributed by atoms with van der Waals surface area (Å²) in [4.78, 5) is 14.0. The molecule has 1 saturated carbocycles. The Kier molecular flexibility index (Phi) is 3.06. The lowest BCUT2D eigenvalue weighted by Crippen LogP contribution is -2.44. The van der Waals surface area contributed by atoms with Gasteiger partial charge in [0.1, 0.15) is 0 Å². The van der Waals surface area contributed by atoms with Crippen LogP contribution in [0.3, 0.4) is 0 Å². The third-order valence-electron chi connectivity index (χ3n) is 3.23. The Bertz CT molecular complexity index is 207. The summed E-state index contributed by atoms with van der Waals surface area (Å²) < 4.78 is 0. The lowest BCUT2D eigenvalue weighted by atomic mass is 10.2. The van der Waals surface area contributed by atoms with Crippen LogP contribution in [-0.2, 0) is 4.79 Å². The van der Waals surface area contributed by atoms with E-state index in [2.05, 4.69) is 12.2 Å². The van der Waals surface area contributed by atoms with Crippen molar-refractivity contribution in [3.05, 3.63) is 0 Å². The predicted molar refractivity (Wildman–Crippen MR) is 56.0 cm³/mol. The average Bonchev–Trinajstić information content (AvgIpc) is 2.84. The van der Waals surface area contributed by atoms with Crippen LogP contribution in [0.1, 0.15) is 32.6 Å². The Labute approximate surface area is 85.8 Å². The predicted octanol–water partition coefficient (Wildman–Crippen LogP) is 0.997.